The highest BCUT2D eigenvalue weighted by atomic mass is 16.8. The van der Waals surface area contributed by atoms with Crippen LogP contribution in [0.2, 0.25) is 0 Å². The van der Waals surface area contributed by atoms with Crippen molar-refractivity contribution in [2.24, 2.45) is 57.2 Å². The van der Waals surface area contributed by atoms with Gasteiger partial charge in [0.15, 0.2) is 31.5 Å². The molecule has 0 spiro atoms. The van der Waals surface area contributed by atoms with Gasteiger partial charge in [0.2, 0.25) is 0 Å². The predicted molar refractivity (Wildman–Crippen MR) is 307 cm³/mol. The third-order valence-electron chi connectivity index (χ3n) is 23.6. The summed E-state index contributed by atoms with van der Waals surface area (Å²) in [5, 5.41) is 186. The summed E-state index contributed by atoms with van der Waals surface area (Å²) in [5.41, 5.74) is -2.27. The van der Waals surface area contributed by atoms with Crippen LogP contribution in [-0.2, 0) is 47.4 Å². The van der Waals surface area contributed by atoms with Crippen molar-refractivity contribution in [1.82, 2.24) is 0 Å². The van der Waals surface area contributed by atoms with Crippen LogP contribution in [0.3, 0.4) is 0 Å². The Morgan fingerprint density at radius 1 is 0.539 bits per heavy atom. The third-order valence-corrected chi connectivity index (χ3v) is 23.6. The lowest BCUT2D eigenvalue weighted by Gasteiger charge is -2.67. The van der Waals surface area contributed by atoms with Crippen molar-refractivity contribution in [3.63, 3.8) is 0 Å². The molecule has 8 fully saturated rings. The summed E-state index contributed by atoms with van der Waals surface area (Å²) in [4.78, 5) is 0. The van der Waals surface area contributed by atoms with E-state index < -0.39 is 214 Å². The third kappa shape index (κ3) is 13.1. The fraction of sp³-hybridized carbons (Fsp3) is 0.968. The fourth-order valence-corrected chi connectivity index (χ4v) is 17.4. The molecule has 5 saturated heterocycles. The van der Waals surface area contributed by atoms with Gasteiger partial charge in [0.1, 0.15) is 91.6 Å². The lowest BCUT2D eigenvalue weighted by atomic mass is 9.38. The lowest BCUT2D eigenvalue weighted by molar-refractivity contribution is -0.378. The Balaban J connectivity index is 0.883. The van der Waals surface area contributed by atoms with Crippen LogP contribution < -0.4 is 0 Å². The molecule has 35 atom stereocenters. The van der Waals surface area contributed by atoms with Crippen molar-refractivity contribution in [2.45, 2.75) is 286 Å². The van der Waals surface area contributed by atoms with Gasteiger partial charge in [-0.05, 0) is 99.7 Å². The molecule has 0 unspecified atom stereocenters. The summed E-state index contributed by atoms with van der Waals surface area (Å²) in [5.74, 6) is -1.34. The van der Waals surface area contributed by atoms with E-state index in [2.05, 4.69) is 47.6 Å². The molecule has 5 heterocycles. The number of aliphatic hydroxyl groups excluding tert-OH is 16. The average molecular weight is 1280 g/mol. The summed E-state index contributed by atoms with van der Waals surface area (Å²) in [6, 6.07) is 0. The molecule has 5 aliphatic heterocycles. The summed E-state index contributed by atoms with van der Waals surface area (Å²) in [6.45, 7) is 16.6. The number of ether oxygens (including phenoxy) is 10. The molecule has 0 aromatic rings. The van der Waals surface area contributed by atoms with Gasteiger partial charge in [0.05, 0.1) is 75.3 Å². The van der Waals surface area contributed by atoms with Crippen LogP contribution in [0.5, 0.6) is 0 Å². The first-order chi connectivity index (χ1) is 41.6. The standard InChI is InChI=1S/C62H106O27/c1-25(11-15-39(59(6,7)79)88-57-52(89-56-49(76)40(67)26(2)31(20-63)82-56)48(75)45(72)35(86-57)24-81-54-50(77)46(73)43(70)33(22-65)84-54)28-17-18-60(8)36-14-12-29-30(62(36,10)37(66)19-61(28,60)9)13-16-38(58(29,4)5)87-55-51(78)47(74)44(71)34(85-55)23-80-53-27(3)41(68)42(69)32(21-64)83-53/h12,25-28,30-57,63-79H,11,13-24H2,1-10H3/t25-,26-,27-,28-,30-,31-,32+,33-,34-,35-,36+,37-,38+,39-,40+,41-,42-,43-,44-,45-,46+,47+,48+,49-,50-,51-,52-,53-,54-,55+,56+,57+,60+,61-,62+/m1/s1. The molecule has 4 aliphatic carbocycles. The van der Waals surface area contributed by atoms with Gasteiger partial charge in [0.25, 0.3) is 0 Å². The molecular weight excluding hydrogens is 1180 g/mol. The Bertz CT molecular complexity index is 2340. The zero-order valence-electron chi connectivity index (χ0n) is 52.9. The minimum absolute atomic E-state index is 0.00279. The monoisotopic (exact) mass is 1280 g/mol. The summed E-state index contributed by atoms with van der Waals surface area (Å²) in [7, 11) is 0. The van der Waals surface area contributed by atoms with Gasteiger partial charge < -0.3 is 134 Å². The van der Waals surface area contributed by atoms with Crippen LogP contribution in [-0.4, -0.2) is 285 Å². The molecule has 89 heavy (non-hydrogen) atoms. The van der Waals surface area contributed by atoms with Gasteiger partial charge in [0, 0.05) is 22.7 Å². The molecule has 9 aliphatic rings. The first-order valence-corrected chi connectivity index (χ1v) is 32.2. The number of hydrogen-bond donors (Lipinski definition) is 17. The molecule has 516 valence electrons. The zero-order chi connectivity index (χ0) is 65.5. The number of hydrogen-bond acceptors (Lipinski definition) is 27. The number of allylic oxidation sites excluding steroid dienone is 1. The Morgan fingerprint density at radius 2 is 1.03 bits per heavy atom. The van der Waals surface area contributed by atoms with Crippen LogP contribution in [0.4, 0.5) is 0 Å². The van der Waals surface area contributed by atoms with Crippen molar-refractivity contribution in [3.05, 3.63) is 11.6 Å². The molecule has 27 nitrogen and oxygen atoms in total. The average Bonchev–Trinajstić information content (AvgIpc) is 1.66. The summed E-state index contributed by atoms with van der Waals surface area (Å²) < 4.78 is 60.5. The lowest BCUT2D eigenvalue weighted by Crippen LogP contribution is -2.65. The van der Waals surface area contributed by atoms with Crippen molar-refractivity contribution < 1.29 is 134 Å². The molecule has 27 heteroatoms. The summed E-state index contributed by atoms with van der Waals surface area (Å²) in [6.07, 6.45) is -30.0. The van der Waals surface area contributed by atoms with Gasteiger partial charge in [-0.3, -0.25) is 0 Å². The van der Waals surface area contributed by atoms with E-state index in [0.717, 1.165) is 18.4 Å². The topological polar surface area (TPSA) is 436 Å². The van der Waals surface area contributed by atoms with Gasteiger partial charge in [-0.1, -0.05) is 67.0 Å². The molecule has 0 bridgehead atoms. The Morgan fingerprint density at radius 3 is 1.64 bits per heavy atom. The SMILES string of the molecule is C[C@H]1[C@H](OC[C@H]2O[C@@H](O[C@H]3CC[C@@H]4C(=CC[C@@H]5[C@@]4(C)[C@H](O)C[C@]4(C)[C@@H]([C@H](C)CC[C@@H](O[C@@H]6O[C@H](CO[C@@H]7O[C@H](CO)[C@@H](O)[C@H](O)[C@H]7O)[C@@H](O)[C@H](O)[C@H]6O[C@@H]6O[C@H](CO)[C@@H](C)[C@H](O)[C@H]6O)C(C)(C)O)CC[C@@]54C)C3(C)C)[C@H](O)[C@@H](O)[C@@H]2O)O[C@@H](CO)[C@@H](O)[C@@H]1O. The van der Waals surface area contributed by atoms with E-state index in [9.17, 15) is 86.8 Å². The predicted octanol–water partition coefficient (Wildman–Crippen LogP) is -2.86. The van der Waals surface area contributed by atoms with Crippen LogP contribution in [0, 0.1) is 57.2 Å². The number of rotatable bonds is 20. The maximum absolute atomic E-state index is 12.9. The second-order valence-corrected chi connectivity index (χ2v) is 29.5. The molecule has 17 N–H and O–H groups in total. The fourth-order valence-electron chi connectivity index (χ4n) is 17.4. The summed E-state index contributed by atoms with van der Waals surface area (Å²) >= 11 is 0. The minimum atomic E-state index is -1.89. The van der Waals surface area contributed by atoms with E-state index in [1.165, 1.54) is 0 Å². The largest absolute Gasteiger partial charge is 0.394 e. The second-order valence-electron chi connectivity index (χ2n) is 29.5. The van der Waals surface area contributed by atoms with Crippen LogP contribution >= 0.6 is 0 Å². The Labute approximate surface area is 520 Å². The molecule has 0 aromatic heterocycles. The van der Waals surface area contributed by atoms with Crippen LogP contribution in [0.1, 0.15) is 121 Å². The van der Waals surface area contributed by atoms with E-state index in [4.69, 9.17) is 47.4 Å². The van der Waals surface area contributed by atoms with Gasteiger partial charge >= 0.3 is 0 Å². The van der Waals surface area contributed by atoms with Crippen molar-refractivity contribution in [1.29, 1.82) is 0 Å². The van der Waals surface area contributed by atoms with Crippen molar-refractivity contribution in [3.8, 4) is 0 Å². The second kappa shape index (κ2) is 27.6. The van der Waals surface area contributed by atoms with Gasteiger partial charge in [-0.2, -0.15) is 0 Å². The normalized spacial score (nSPS) is 51.8. The molecule has 3 saturated carbocycles. The first-order valence-electron chi connectivity index (χ1n) is 32.2. The molecule has 0 aromatic carbocycles. The number of fused-ring (bicyclic) bond motifs is 5. The van der Waals surface area contributed by atoms with Crippen molar-refractivity contribution in [2.75, 3.05) is 33.0 Å². The zero-order valence-corrected chi connectivity index (χ0v) is 52.9. The molecule has 0 amide bonds. The maximum atomic E-state index is 12.9. The van der Waals surface area contributed by atoms with E-state index in [-0.39, 0.29) is 47.5 Å². The number of aliphatic hydroxyl groups is 17. The van der Waals surface area contributed by atoms with E-state index in [1.54, 1.807) is 27.7 Å². The smallest absolute Gasteiger partial charge is 0.187 e. The Kier molecular flexibility index (Phi) is 22.3. The highest BCUT2D eigenvalue weighted by Gasteiger charge is 2.70. The molecular formula is C62H106O27. The van der Waals surface area contributed by atoms with Crippen LogP contribution in [0.15, 0.2) is 11.6 Å². The molecule has 0 radical (unpaired) electrons. The first kappa shape index (κ1) is 71.9. The van der Waals surface area contributed by atoms with E-state index >= 15 is 0 Å². The van der Waals surface area contributed by atoms with Crippen molar-refractivity contribution >= 4 is 0 Å². The van der Waals surface area contributed by atoms with Gasteiger partial charge in [-0.25, -0.2) is 0 Å². The minimum Gasteiger partial charge on any atom is -0.394 e. The van der Waals surface area contributed by atoms with Crippen LogP contribution in [0.25, 0.3) is 0 Å². The quantitative estimate of drug-likeness (QED) is 0.0545. The molecule has 9 rings (SSSR count). The Hall–Kier alpha value is -1.34. The maximum Gasteiger partial charge on any atom is 0.187 e. The highest BCUT2D eigenvalue weighted by molar-refractivity contribution is 5.32. The van der Waals surface area contributed by atoms with E-state index in [0.29, 0.717) is 32.1 Å². The van der Waals surface area contributed by atoms with Gasteiger partial charge in [-0.15, -0.1) is 0 Å². The highest BCUT2D eigenvalue weighted by Crippen LogP contribution is 2.75. The van der Waals surface area contributed by atoms with E-state index in [1.807, 2.05) is 0 Å².